The van der Waals surface area contributed by atoms with Crippen LogP contribution in [0.3, 0.4) is 0 Å². The number of anilines is 1. The minimum atomic E-state index is -3.21. The molecule has 0 spiro atoms. The zero-order chi connectivity index (χ0) is 22.3. The van der Waals surface area contributed by atoms with Crippen LogP contribution in [-0.4, -0.2) is 71.3 Å². The van der Waals surface area contributed by atoms with E-state index in [-0.39, 0.29) is 5.75 Å². The van der Waals surface area contributed by atoms with Crippen molar-refractivity contribution < 1.29 is 13.2 Å². The number of methoxy groups -OCH3 is 1. The molecule has 1 saturated heterocycles. The molecule has 0 bridgehead atoms. The number of benzene rings is 2. The molecule has 2 aromatic carbocycles. The van der Waals surface area contributed by atoms with Gasteiger partial charge in [0.15, 0.2) is 11.5 Å². The highest BCUT2D eigenvalue weighted by Crippen LogP contribution is 2.30. The average molecular weight is 453 g/mol. The summed E-state index contributed by atoms with van der Waals surface area (Å²) in [5.41, 5.74) is 2.40. The lowest BCUT2D eigenvalue weighted by Crippen LogP contribution is -2.49. The highest BCUT2D eigenvalue weighted by molar-refractivity contribution is 7.89. The van der Waals surface area contributed by atoms with Crippen molar-refractivity contribution in [1.82, 2.24) is 23.9 Å². The van der Waals surface area contributed by atoms with E-state index in [0.29, 0.717) is 43.6 Å². The Bertz CT molecular complexity index is 1390. The van der Waals surface area contributed by atoms with Crippen molar-refractivity contribution in [3.8, 4) is 17.1 Å². The lowest BCUT2D eigenvalue weighted by Gasteiger charge is -2.34. The summed E-state index contributed by atoms with van der Waals surface area (Å²) in [5, 5.41) is 9.91. The molecule has 9 nitrogen and oxygen atoms in total. The summed E-state index contributed by atoms with van der Waals surface area (Å²) in [6.45, 7) is 3.59. The molecule has 1 fully saturated rings. The number of nitrogens with zero attached hydrogens (tertiary/aromatic N) is 6. The molecular formula is C22H24N6O3S. The van der Waals surface area contributed by atoms with E-state index >= 15 is 0 Å². The van der Waals surface area contributed by atoms with E-state index in [4.69, 9.17) is 9.72 Å². The van der Waals surface area contributed by atoms with Gasteiger partial charge in [0.1, 0.15) is 5.75 Å². The molecule has 0 saturated carbocycles. The van der Waals surface area contributed by atoms with E-state index in [1.165, 1.54) is 0 Å². The Morgan fingerprint density at radius 3 is 2.53 bits per heavy atom. The summed E-state index contributed by atoms with van der Waals surface area (Å²) in [4.78, 5) is 7.05. The molecule has 2 aromatic heterocycles. The van der Waals surface area contributed by atoms with E-state index in [2.05, 4.69) is 15.1 Å². The maximum atomic E-state index is 12.3. The van der Waals surface area contributed by atoms with Crippen molar-refractivity contribution in [2.45, 2.75) is 6.92 Å². The first-order chi connectivity index (χ1) is 15.5. The van der Waals surface area contributed by atoms with E-state index in [1.54, 1.807) is 18.3 Å². The van der Waals surface area contributed by atoms with Gasteiger partial charge in [0.05, 0.1) is 18.4 Å². The number of para-hydroxylation sites is 1. The Morgan fingerprint density at radius 1 is 1.00 bits per heavy atom. The molecule has 0 N–H and O–H groups in total. The second-order valence-electron chi connectivity index (χ2n) is 7.63. The minimum Gasteiger partial charge on any atom is -0.497 e. The van der Waals surface area contributed by atoms with Crippen molar-refractivity contribution in [1.29, 1.82) is 0 Å². The first kappa shape index (κ1) is 20.7. The molecule has 0 aliphatic carbocycles. The summed E-state index contributed by atoms with van der Waals surface area (Å²) in [5.74, 6) is 2.20. The fraction of sp³-hybridized carbons (Fsp3) is 0.318. The molecule has 0 atom stereocenters. The number of hydrogen-bond donors (Lipinski definition) is 0. The lowest BCUT2D eigenvalue weighted by atomic mass is 10.2. The molecule has 5 rings (SSSR count). The summed E-state index contributed by atoms with van der Waals surface area (Å²) in [6.07, 6.45) is 0. The van der Waals surface area contributed by atoms with Crippen molar-refractivity contribution in [3.05, 3.63) is 48.5 Å². The Hall–Kier alpha value is -3.24. The van der Waals surface area contributed by atoms with Crippen LogP contribution in [0.2, 0.25) is 0 Å². The van der Waals surface area contributed by atoms with Crippen LogP contribution in [0.15, 0.2) is 48.5 Å². The number of fused-ring (bicyclic) bond motifs is 3. The molecule has 10 heteroatoms. The van der Waals surface area contributed by atoms with Gasteiger partial charge in [0.25, 0.3) is 0 Å². The molecule has 0 amide bonds. The van der Waals surface area contributed by atoms with Gasteiger partial charge < -0.3 is 9.64 Å². The molecule has 0 radical (unpaired) electrons. The Balaban J connectivity index is 1.65. The van der Waals surface area contributed by atoms with Crippen molar-refractivity contribution in [2.75, 3.05) is 43.9 Å². The molecule has 4 aromatic rings. The molecule has 3 heterocycles. The largest absolute Gasteiger partial charge is 0.497 e. The number of rotatable bonds is 5. The van der Waals surface area contributed by atoms with Crippen molar-refractivity contribution in [3.63, 3.8) is 0 Å². The number of piperazine rings is 1. The molecule has 166 valence electrons. The number of aromatic nitrogens is 4. The number of ether oxygens (including phenoxy) is 1. The average Bonchev–Trinajstić information content (AvgIpc) is 3.29. The summed E-state index contributed by atoms with van der Waals surface area (Å²) >= 11 is 0. The van der Waals surface area contributed by atoms with Crippen LogP contribution >= 0.6 is 0 Å². The van der Waals surface area contributed by atoms with Crippen LogP contribution in [0.1, 0.15) is 6.92 Å². The zero-order valence-corrected chi connectivity index (χ0v) is 18.8. The third-order valence-corrected chi connectivity index (χ3v) is 7.72. The standard InChI is InChI=1S/C22H24N6O3S/c1-3-32(29,30)27-13-11-26(12-14-27)22-23-19-10-5-4-9-18(19)21-25-24-20(28(21)22)16-7-6-8-17(15-16)31-2/h4-10,15H,3,11-14H2,1-2H3. The molecule has 1 aliphatic heterocycles. The lowest BCUT2D eigenvalue weighted by molar-refractivity contribution is 0.383. The van der Waals surface area contributed by atoms with E-state index < -0.39 is 10.0 Å². The van der Waals surface area contributed by atoms with Crippen molar-refractivity contribution >= 4 is 32.5 Å². The maximum absolute atomic E-state index is 12.3. The second-order valence-corrected chi connectivity index (χ2v) is 9.89. The minimum absolute atomic E-state index is 0.108. The van der Waals surface area contributed by atoms with Gasteiger partial charge in [-0.3, -0.25) is 0 Å². The fourth-order valence-electron chi connectivity index (χ4n) is 4.08. The second kappa shape index (κ2) is 8.03. The quantitative estimate of drug-likeness (QED) is 0.459. The smallest absolute Gasteiger partial charge is 0.213 e. The predicted octanol–water partition coefficient (Wildman–Crippen LogP) is 2.42. The van der Waals surface area contributed by atoms with Gasteiger partial charge in [-0.1, -0.05) is 24.3 Å². The monoisotopic (exact) mass is 452 g/mol. The summed E-state index contributed by atoms with van der Waals surface area (Å²) < 4.78 is 33.5. The molecule has 0 unspecified atom stereocenters. The zero-order valence-electron chi connectivity index (χ0n) is 18.0. The van der Waals surface area contributed by atoms with Crippen LogP contribution in [0.5, 0.6) is 5.75 Å². The SMILES string of the molecule is CCS(=O)(=O)N1CCN(c2nc3ccccc3c3nnc(-c4cccc(OC)c4)n23)CC1. The third kappa shape index (κ3) is 3.45. The number of hydrogen-bond acceptors (Lipinski definition) is 7. The van der Waals surface area contributed by atoms with E-state index in [9.17, 15) is 8.42 Å². The van der Waals surface area contributed by atoms with Gasteiger partial charge in [-0.2, -0.15) is 4.31 Å². The topological polar surface area (TPSA) is 92.9 Å². The molecule has 1 aliphatic rings. The fourth-order valence-corrected chi connectivity index (χ4v) is 5.16. The van der Waals surface area contributed by atoms with E-state index in [1.807, 2.05) is 52.9 Å². The molecule has 32 heavy (non-hydrogen) atoms. The highest BCUT2D eigenvalue weighted by atomic mass is 32.2. The normalized spacial score (nSPS) is 15.5. The summed E-state index contributed by atoms with van der Waals surface area (Å²) in [6, 6.07) is 15.5. The van der Waals surface area contributed by atoms with Crippen LogP contribution in [-0.2, 0) is 10.0 Å². The van der Waals surface area contributed by atoms with Gasteiger partial charge in [-0.15, -0.1) is 10.2 Å². The Labute approximate surface area is 186 Å². The maximum Gasteiger partial charge on any atom is 0.213 e. The van der Waals surface area contributed by atoms with Crippen LogP contribution in [0.25, 0.3) is 27.9 Å². The van der Waals surface area contributed by atoms with Crippen LogP contribution in [0, 0.1) is 0 Å². The van der Waals surface area contributed by atoms with Crippen molar-refractivity contribution in [2.24, 2.45) is 0 Å². The Morgan fingerprint density at radius 2 is 1.78 bits per heavy atom. The van der Waals surface area contributed by atoms with Gasteiger partial charge in [0.2, 0.25) is 16.0 Å². The highest BCUT2D eigenvalue weighted by Gasteiger charge is 2.28. The van der Waals surface area contributed by atoms with Crippen LogP contribution in [0.4, 0.5) is 5.95 Å². The van der Waals surface area contributed by atoms with Gasteiger partial charge in [-0.05, 0) is 31.2 Å². The third-order valence-electron chi connectivity index (χ3n) is 5.84. The molecular weight excluding hydrogens is 428 g/mol. The van der Waals surface area contributed by atoms with Gasteiger partial charge in [0, 0.05) is 37.1 Å². The van der Waals surface area contributed by atoms with Gasteiger partial charge in [-0.25, -0.2) is 17.8 Å². The first-order valence-electron chi connectivity index (χ1n) is 10.5. The number of sulfonamides is 1. The Kier molecular flexibility index (Phi) is 5.18. The predicted molar refractivity (Wildman–Crippen MR) is 124 cm³/mol. The first-order valence-corrected chi connectivity index (χ1v) is 12.1. The van der Waals surface area contributed by atoms with E-state index in [0.717, 1.165) is 22.2 Å². The van der Waals surface area contributed by atoms with Crippen LogP contribution < -0.4 is 9.64 Å². The van der Waals surface area contributed by atoms with Gasteiger partial charge >= 0.3 is 0 Å². The summed E-state index contributed by atoms with van der Waals surface area (Å²) in [7, 11) is -1.58.